The summed E-state index contributed by atoms with van der Waals surface area (Å²) in [6, 6.07) is 16.6. The molecule has 1 amide bonds. The summed E-state index contributed by atoms with van der Waals surface area (Å²) in [5, 5.41) is 2.92. The molecule has 1 saturated carbocycles. The van der Waals surface area contributed by atoms with E-state index in [1.54, 1.807) is 24.3 Å². The summed E-state index contributed by atoms with van der Waals surface area (Å²) in [6.07, 6.45) is 2.93. The second-order valence-electron chi connectivity index (χ2n) is 5.68. The van der Waals surface area contributed by atoms with Gasteiger partial charge in [-0.3, -0.25) is 4.79 Å². The lowest BCUT2D eigenvalue weighted by molar-refractivity contribution is -0.130. The molecule has 1 N–H and O–H groups in total. The third-order valence-electron chi connectivity index (χ3n) is 3.82. The minimum Gasteiger partial charge on any atom is -0.444 e. The number of carbonyl (C=O) groups is 2. The number of amides is 1. The van der Waals surface area contributed by atoms with E-state index in [9.17, 15) is 9.59 Å². The molecule has 3 rings (SSSR count). The average Bonchev–Trinajstić information content (AvgIpc) is 3.44. The van der Waals surface area contributed by atoms with E-state index in [1.807, 2.05) is 36.6 Å². The lowest BCUT2D eigenvalue weighted by atomic mass is 10.1. The molecule has 1 atom stereocenters. The number of carbonyl (C=O) groups excluding carboxylic acids is 2. The van der Waals surface area contributed by atoms with Gasteiger partial charge in [-0.2, -0.15) is 0 Å². The predicted octanol–water partition coefficient (Wildman–Crippen LogP) is 3.59. The standard InChI is InChI=1S/C19H19NO3S/c1-24-16-10-6-5-9-15(16)19(22)23-17(13-7-3-2-4-8-13)18(21)20-14-11-12-14/h2-10,14,17H,11-12H2,1H3,(H,20,21)/t17-/m1/s1. The fourth-order valence-electron chi connectivity index (χ4n) is 2.39. The van der Waals surface area contributed by atoms with Gasteiger partial charge >= 0.3 is 5.97 Å². The highest BCUT2D eigenvalue weighted by molar-refractivity contribution is 7.98. The lowest BCUT2D eigenvalue weighted by Crippen LogP contribution is -2.33. The molecule has 1 aliphatic carbocycles. The second kappa shape index (κ2) is 7.53. The number of esters is 1. The van der Waals surface area contributed by atoms with Crippen LogP contribution in [0.15, 0.2) is 59.5 Å². The zero-order chi connectivity index (χ0) is 16.9. The predicted molar refractivity (Wildman–Crippen MR) is 94.0 cm³/mol. The van der Waals surface area contributed by atoms with Gasteiger partial charge in [0, 0.05) is 16.5 Å². The van der Waals surface area contributed by atoms with Crippen molar-refractivity contribution in [2.45, 2.75) is 29.9 Å². The van der Waals surface area contributed by atoms with Crippen LogP contribution >= 0.6 is 11.8 Å². The van der Waals surface area contributed by atoms with Crippen molar-refractivity contribution in [3.63, 3.8) is 0 Å². The van der Waals surface area contributed by atoms with E-state index in [0.717, 1.165) is 17.7 Å². The van der Waals surface area contributed by atoms with Gasteiger partial charge in [0.1, 0.15) is 0 Å². The number of ether oxygens (including phenoxy) is 1. The molecule has 5 heteroatoms. The van der Waals surface area contributed by atoms with E-state index in [1.165, 1.54) is 11.8 Å². The molecule has 1 aliphatic rings. The Morgan fingerprint density at radius 2 is 1.75 bits per heavy atom. The molecule has 0 saturated heterocycles. The van der Waals surface area contributed by atoms with Crippen molar-refractivity contribution >= 4 is 23.6 Å². The van der Waals surface area contributed by atoms with Crippen LogP contribution in [-0.4, -0.2) is 24.2 Å². The van der Waals surface area contributed by atoms with Gasteiger partial charge in [0.25, 0.3) is 5.91 Å². The van der Waals surface area contributed by atoms with Crippen LogP contribution in [0.25, 0.3) is 0 Å². The Balaban J connectivity index is 1.83. The second-order valence-corrected chi connectivity index (χ2v) is 6.53. The van der Waals surface area contributed by atoms with Gasteiger partial charge in [-0.1, -0.05) is 42.5 Å². The lowest BCUT2D eigenvalue weighted by Gasteiger charge is -2.18. The summed E-state index contributed by atoms with van der Waals surface area (Å²) < 4.78 is 5.59. The van der Waals surface area contributed by atoms with Crippen LogP contribution in [0.4, 0.5) is 0 Å². The summed E-state index contributed by atoms with van der Waals surface area (Å²) in [6.45, 7) is 0. The van der Waals surface area contributed by atoms with Gasteiger partial charge in [-0.25, -0.2) is 4.79 Å². The van der Waals surface area contributed by atoms with Gasteiger partial charge in [-0.05, 0) is 31.2 Å². The maximum Gasteiger partial charge on any atom is 0.340 e. The maximum atomic E-state index is 12.6. The first-order valence-electron chi connectivity index (χ1n) is 7.88. The van der Waals surface area contributed by atoms with Gasteiger partial charge in [-0.15, -0.1) is 11.8 Å². The molecular weight excluding hydrogens is 322 g/mol. The molecule has 124 valence electrons. The molecule has 2 aromatic rings. The minimum atomic E-state index is -0.936. The Hall–Kier alpha value is -2.27. The average molecular weight is 341 g/mol. The van der Waals surface area contributed by atoms with Crippen molar-refractivity contribution in [2.75, 3.05) is 6.26 Å². The fraction of sp³-hybridized carbons (Fsp3) is 0.263. The number of thioether (sulfide) groups is 1. The number of hydrogen-bond donors (Lipinski definition) is 1. The highest BCUT2D eigenvalue weighted by Crippen LogP contribution is 2.26. The Morgan fingerprint density at radius 1 is 1.08 bits per heavy atom. The monoisotopic (exact) mass is 341 g/mol. The molecule has 0 aliphatic heterocycles. The summed E-state index contributed by atoms with van der Waals surface area (Å²) in [4.78, 5) is 26.0. The summed E-state index contributed by atoms with van der Waals surface area (Å²) in [7, 11) is 0. The van der Waals surface area contributed by atoms with Crippen LogP contribution in [0, 0.1) is 0 Å². The molecule has 2 aromatic carbocycles. The molecular formula is C19H19NO3S. The van der Waals surface area contributed by atoms with Crippen molar-refractivity contribution in [1.82, 2.24) is 5.32 Å². The van der Waals surface area contributed by atoms with Crippen molar-refractivity contribution in [1.29, 1.82) is 0 Å². The third kappa shape index (κ3) is 3.97. The molecule has 0 spiro atoms. The first-order valence-corrected chi connectivity index (χ1v) is 9.11. The summed E-state index contributed by atoms with van der Waals surface area (Å²) in [5.74, 6) is -0.751. The van der Waals surface area contributed by atoms with Crippen molar-refractivity contribution < 1.29 is 14.3 Å². The number of nitrogens with one attached hydrogen (secondary N) is 1. The van der Waals surface area contributed by atoms with Gasteiger partial charge < -0.3 is 10.1 Å². The van der Waals surface area contributed by atoms with Crippen LogP contribution in [0.5, 0.6) is 0 Å². The summed E-state index contributed by atoms with van der Waals surface area (Å²) >= 11 is 1.47. The van der Waals surface area contributed by atoms with E-state index in [0.29, 0.717) is 11.1 Å². The maximum absolute atomic E-state index is 12.6. The van der Waals surface area contributed by atoms with Crippen molar-refractivity contribution in [2.24, 2.45) is 0 Å². The highest BCUT2D eigenvalue weighted by atomic mass is 32.2. The molecule has 0 bridgehead atoms. The first kappa shape index (κ1) is 16.6. The van der Waals surface area contributed by atoms with Gasteiger partial charge in [0.05, 0.1) is 5.56 Å². The zero-order valence-corrected chi connectivity index (χ0v) is 14.2. The molecule has 1 fully saturated rings. The molecule has 0 heterocycles. The van der Waals surface area contributed by atoms with Crippen LogP contribution in [0.3, 0.4) is 0 Å². The fourth-order valence-corrected chi connectivity index (χ4v) is 2.98. The number of rotatable bonds is 6. The topological polar surface area (TPSA) is 55.4 Å². The van der Waals surface area contributed by atoms with Gasteiger partial charge in [0.15, 0.2) is 0 Å². The zero-order valence-electron chi connectivity index (χ0n) is 13.4. The Morgan fingerprint density at radius 3 is 2.42 bits per heavy atom. The summed E-state index contributed by atoms with van der Waals surface area (Å²) in [5.41, 5.74) is 1.15. The van der Waals surface area contributed by atoms with E-state index >= 15 is 0 Å². The number of hydrogen-bond acceptors (Lipinski definition) is 4. The van der Waals surface area contributed by atoms with Crippen LogP contribution in [0.1, 0.15) is 34.9 Å². The highest BCUT2D eigenvalue weighted by Gasteiger charge is 2.31. The Kier molecular flexibility index (Phi) is 5.20. The van der Waals surface area contributed by atoms with E-state index in [4.69, 9.17) is 4.74 Å². The molecule has 24 heavy (non-hydrogen) atoms. The molecule has 0 aromatic heterocycles. The molecule has 4 nitrogen and oxygen atoms in total. The quantitative estimate of drug-likeness (QED) is 0.644. The third-order valence-corrected chi connectivity index (χ3v) is 4.61. The SMILES string of the molecule is CSc1ccccc1C(=O)O[C@@H](C(=O)NC1CC1)c1ccccc1. The van der Waals surface area contributed by atoms with Crippen molar-refractivity contribution in [3.8, 4) is 0 Å². The van der Waals surface area contributed by atoms with Crippen LogP contribution < -0.4 is 5.32 Å². The Bertz CT molecular complexity index is 728. The van der Waals surface area contributed by atoms with Crippen LogP contribution in [0.2, 0.25) is 0 Å². The first-order chi connectivity index (χ1) is 11.7. The van der Waals surface area contributed by atoms with Crippen molar-refractivity contribution in [3.05, 3.63) is 65.7 Å². The minimum absolute atomic E-state index is 0.209. The Labute approximate surface area is 145 Å². The molecule has 0 unspecified atom stereocenters. The normalized spacial score (nSPS) is 14.7. The molecule has 0 radical (unpaired) electrons. The smallest absolute Gasteiger partial charge is 0.340 e. The van der Waals surface area contributed by atoms with Gasteiger partial charge in [0.2, 0.25) is 6.10 Å². The van der Waals surface area contributed by atoms with E-state index in [2.05, 4.69) is 5.32 Å². The largest absolute Gasteiger partial charge is 0.444 e. The number of benzene rings is 2. The van der Waals surface area contributed by atoms with E-state index in [-0.39, 0.29) is 11.9 Å². The van der Waals surface area contributed by atoms with Crippen LogP contribution in [-0.2, 0) is 9.53 Å². The van der Waals surface area contributed by atoms with E-state index < -0.39 is 12.1 Å².